The SMILES string of the molecule is CN1CCN(CC(=O)c2ccc(-c3cccs3)s2)CC1. The lowest BCUT2D eigenvalue weighted by Crippen LogP contribution is -2.46. The fourth-order valence-electron chi connectivity index (χ4n) is 2.33. The minimum absolute atomic E-state index is 0.252. The molecule has 20 heavy (non-hydrogen) atoms. The Bertz CT molecular complexity index is 568. The molecule has 2 aromatic rings. The van der Waals surface area contributed by atoms with Crippen molar-refractivity contribution < 1.29 is 4.79 Å². The van der Waals surface area contributed by atoms with E-state index in [1.165, 1.54) is 9.75 Å². The number of Topliss-reactive ketones (excluding diaryl/α,β-unsaturated/α-hetero) is 1. The molecule has 0 saturated carbocycles. The topological polar surface area (TPSA) is 23.6 Å². The standard InChI is InChI=1S/C15H18N2OS2/c1-16-6-8-17(9-7-16)11-12(18)13-4-5-15(20-13)14-3-2-10-19-14/h2-5,10H,6-9,11H2,1H3. The maximum absolute atomic E-state index is 12.3. The van der Waals surface area contributed by atoms with Gasteiger partial charge < -0.3 is 4.90 Å². The summed E-state index contributed by atoms with van der Waals surface area (Å²) in [5.41, 5.74) is 0. The van der Waals surface area contributed by atoms with Crippen molar-refractivity contribution in [2.75, 3.05) is 39.8 Å². The van der Waals surface area contributed by atoms with Crippen LogP contribution in [0.2, 0.25) is 0 Å². The lowest BCUT2D eigenvalue weighted by Gasteiger charge is -2.31. The van der Waals surface area contributed by atoms with Crippen molar-refractivity contribution >= 4 is 28.5 Å². The Labute approximate surface area is 127 Å². The van der Waals surface area contributed by atoms with Crippen molar-refractivity contribution in [3.63, 3.8) is 0 Å². The first kappa shape index (κ1) is 13.9. The minimum atomic E-state index is 0.252. The third-order valence-corrected chi connectivity index (χ3v) is 5.80. The number of hydrogen-bond donors (Lipinski definition) is 0. The molecule has 0 spiro atoms. The summed E-state index contributed by atoms with van der Waals surface area (Å²) in [5.74, 6) is 0.252. The van der Waals surface area contributed by atoms with Gasteiger partial charge in [-0.05, 0) is 30.6 Å². The average Bonchev–Trinajstić information content (AvgIpc) is 3.11. The van der Waals surface area contributed by atoms with Crippen LogP contribution in [-0.2, 0) is 0 Å². The summed E-state index contributed by atoms with van der Waals surface area (Å²) in [7, 11) is 2.13. The molecule has 0 radical (unpaired) electrons. The maximum atomic E-state index is 12.3. The molecule has 3 nitrogen and oxygen atoms in total. The van der Waals surface area contributed by atoms with Gasteiger partial charge in [-0.25, -0.2) is 0 Å². The monoisotopic (exact) mass is 306 g/mol. The van der Waals surface area contributed by atoms with Crippen LogP contribution in [0.1, 0.15) is 9.67 Å². The van der Waals surface area contributed by atoms with Gasteiger partial charge in [-0.2, -0.15) is 0 Å². The van der Waals surface area contributed by atoms with Crippen LogP contribution in [0, 0.1) is 0 Å². The molecule has 0 N–H and O–H groups in total. The quantitative estimate of drug-likeness (QED) is 0.812. The number of carbonyl (C=O) groups is 1. The molecule has 0 aliphatic carbocycles. The highest BCUT2D eigenvalue weighted by Gasteiger charge is 2.18. The largest absolute Gasteiger partial charge is 0.304 e. The second-order valence-electron chi connectivity index (χ2n) is 5.14. The molecule has 3 heterocycles. The number of hydrogen-bond acceptors (Lipinski definition) is 5. The van der Waals surface area contributed by atoms with E-state index < -0.39 is 0 Å². The second-order valence-corrected chi connectivity index (χ2v) is 7.18. The third-order valence-electron chi connectivity index (χ3n) is 3.61. The Balaban J connectivity index is 1.63. The van der Waals surface area contributed by atoms with E-state index in [1.54, 1.807) is 22.7 Å². The highest BCUT2D eigenvalue weighted by Crippen LogP contribution is 2.31. The van der Waals surface area contributed by atoms with E-state index in [0.29, 0.717) is 6.54 Å². The molecule has 1 aliphatic rings. The number of piperazine rings is 1. The van der Waals surface area contributed by atoms with Gasteiger partial charge in [0.15, 0.2) is 5.78 Å². The zero-order chi connectivity index (χ0) is 13.9. The molecule has 0 bridgehead atoms. The summed E-state index contributed by atoms with van der Waals surface area (Å²) in [6.45, 7) is 4.64. The summed E-state index contributed by atoms with van der Waals surface area (Å²) in [6.07, 6.45) is 0. The molecule has 1 aliphatic heterocycles. The highest BCUT2D eigenvalue weighted by molar-refractivity contribution is 7.22. The van der Waals surface area contributed by atoms with Crippen LogP contribution in [0.5, 0.6) is 0 Å². The third kappa shape index (κ3) is 3.17. The van der Waals surface area contributed by atoms with Gasteiger partial charge >= 0.3 is 0 Å². The smallest absolute Gasteiger partial charge is 0.186 e. The number of likely N-dealkylation sites (N-methyl/N-ethyl adjacent to an activating group) is 1. The summed E-state index contributed by atoms with van der Waals surface area (Å²) < 4.78 is 0. The summed E-state index contributed by atoms with van der Waals surface area (Å²) in [6, 6.07) is 8.18. The van der Waals surface area contributed by atoms with Crippen LogP contribution >= 0.6 is 22.7 Å². The van der Waals surface area contributed by atoms with Gasteiger partial charge in [-0.3, -0.25) is 9.69 Å². The van der Waals surface area contributed by atoms with Crippen LogP contribution < -0.4 is 0 Å². The van der Waals surface area contributed by atoms with Gasteiger partial charge in [-0.1, -0.05) is 6.07 Å². The molecule has 3 rings (SSSR count). The first-order valence-electron chi connectivity index (χ1n) is 6.80. The average molecular weight is 306 g/mol. The molecular formula is C15H18N2OS2. The van der Waals surface area contributed by atoms with Gasteiger partial charge in [-0.15, -0.1) is 22.7 Å². The molecular weight excluding hydrogens is 288 g/mol. The van der Waals surface area contributed by atoms with Crippen LogP contribution in [0.4, 0.5) is 0 Å². The number of rotatable bonds is 4. The molecule has 106 valence electrons. The fourth-order valence-corrected chi connectivity index (χ4v) is 4.10. The van der Waals surface area contributed by atoms with E-state index in [4.69, 9.17) is 0 Å². The van der Waals surface area contributed by atoms with Crippen molar-refractivity contribution in [1.82, 2.24) is 9.80 Å². The number of thiophene rings is 2. The van der Waals surface area contributed by atoms with E-state index in [0.717, 1.165) is 31.1 Å². The first-order chi connectivity index (χ1) is 9.72. The van der Waals surface area contributed by atoms with Gasteiger partial charge in [0.2, 0.25) is 0 Å². The fraction of sp³-hybridized carbons (Fsp3) is 0.400. The van der Waals surface area contributed by atoms with E-state index >= 15 is 0 Å². The normalized spacial score (nSPS) is 17.4. The Morgan fingerprint density at radius 3 is 2.65 bits per heavy atom. The zero-order valence-electron chi connectivity index (χ0n) is 11.5. The highest BCUT2D eigenvalue weighted by atomic mass is 32.1. The number of carbonyl (C=O) groups excluding carboxylic acids is 1. The van der Waals surface area contributed by atoms with Crippen LogP contribution in [-0.4, -0.2) is 55.4 Å². The summed E-state index contributed by atoms with van der Waals surface area (Å²) in [5, 5.41) is 2.07. The van der Waals surface area contributed by atoms with E-state index in [9.17, 15) is 4.79 Å². The molecule has 0 amide bonds. The molecule has 5 heteroatoms. The predicted octanol–water partition coefficient (Wildman–Crippen LogP) is 2.91. The van der Waals surface area contributed by atoms with E-state index in [-0.39, 0.29) is 5.78 Å². The molecule has 1 saturated heterocycles. The summed E-state index contributed by atoms with van der Waals surface area (Å²) >= 11 is 3.33. The van der Waals surface area contributed by atoms with Gasteiger partial charge in [0.1, 0.15) is 0 Å². The first-order valence-corrected chi connectivity index (χ1v) is 8.50. The second kappa shape index (κ2) is 6.18. The van der Waals surface area contributed by atoms with Gasteiger partial charge in [0.05, 0.1) is 11.4 Å². The lowest BCUT2D eigenvalue weighted by atomic mass is 10.2. The minimum Gasteiger partial charge on any atom is -0.304 e. The van der Waals surface area contributed by atoms with Gasteiger partial charge in [0, 0.05) is 35.9 Å². The maximum Gasteiger partial charge on any atom is 0.186 e. The van der Waals surface area contributed by atoms with Crippen molar-refractivity contribution in [3.8, 4) is 9.75 Å². The molecule has 0 aromatic carbocycles. The molecule has 0 unspecified atom stereocenters. The Hall–Kier alpha value is -1.01. The molecule has 2 aromatic heterocycles. The van der Waals surface area contributed by atoms with E-state index in [1.807, 2.05) is 12.1 Å². The van der Waals surface area contributed by atoms with Gasteiger partial charge in [0.25, 0.3) is 0 Å². The van der Waals surface area contributed by atoms with Crippen molar-refractivity contribution in [2.45, 2.75) is 0 Å². The Morgan fingerprint density at radius 2 is 1.95 bits per heavy atom. The predicted molar refractivity (Wildman–Crippen MR) is 85.9 cm³/mol. The van der Waals surface area contributed by atoms with Crippen molar-refractivity contribution in [1.29, 1.82) is 0 Å². The Morgan fingerprint density at radius 1 is 1.15 bits per heavy atom. The van der Waals surface area contributed by atoms with Crippen LogP contribution in [0.15, 0.2) is 29.6 Å². The molecule has 1 fully saturated rings. The number of ketones is 1. The van der Waals surface area contributed by atoms with E-state index in [2.05, 4.69) is 34.4 Å². The van der Waals surface area contributed by atoms with Crippen molar-refractivity contribution in [2.24, 2.45) is 0 Å². The lowest BCUT2D eigenvalue weighted by molar-refractivity contribution is 0.0880. The Kier molecular flexibility index (Phi) is 4.31. The number of nitrogens with zero attached hydrogens (tertiary/aromatic N) is 2. The van der Waals surface area contributed by atoms with Crippen LogP contribution in [0.3, 0.4) is 0 Å². The zero-order valence-corrected chi connectivity index (χ0v) is 13.2. The van der Waals surface area contributed by atoms with Crippen molar-refractivity contribution in [3.05, 3.63) is 34.5 Å². The summed E-state index contributed by atoms with van der Waals surface area (Å²) in [4.78, 5) is 20.2. The van der Waals surface area contributed by atoms with Crippen LogP contribution in [0.25, 0.3) is 9.75 Å². The molecule has 0 atom stereocenters.